The Balaban J connectivity index is 3.10. The van der Waals surface area contributed by atoms with Crippen molar-refractivity contribution in [2.24, 2.45) is 0 Å². The first-order valence-electron chi connectivity index (χ1n) is 6.77. The maximum atomic E-state index is 9.36. The van der Waals surface area contributed by atoms with Crippen LogP contribution in [0.2, 0.25) is 0 Å². The van der Waals surface area contributed by atoms with Gasteiger partial charge in [-0.2, -0.15) is 5.26 Å². The molecule has 0 fully saturated rings. The summed E-state index contributed by atoms with van der Waals surface area (Å²) in [5.74, 6) is 0.837. The molecular formula is C15H24N4. The second-order valence-electron chi connectivity index (χ2n) is 5.18. The molecule has 1 rings (SSSR count). The minimum Gasteiger partial charge on any atom is -0.354 e. The lowest BCUT2D eigenvalue weighted by Crippen LogP contribution is -2.33. The highest BCUT2D eigenvalue weighted by Gasteiger charge is 2.15. The van der Waals surface area contributed by atoms with Crippen LogP contribution in [0.25, 0.3) is 0 Å². The van der Waals surface area contributed by atoms with Crippen molar-refractivity contribution in [2.75, 3.05) is 38.6 Å². The Bertz CT molecular complexity index is 460. The molecule has 104 valence electrons. The third kappa shape index (κ3) is 4.22. The lowest BCUT2D eigenvalue weighted by atomic mass is 10.1. The SMILES string of the molecule is CCCN(CCN(C)C)c1nc(C)cc(C)c1C#N. The fourth-order valence-electron chi connectivity index (χ4n) is 2.10. The average molecular weight is 260 g/mol. The molecular weight excluding hydrogens is 236 g/mol. The number of nitriles is 1. The predicted octanol–water partition coefficient (Wildman–Crippen LogP) is 2.35. The molecule has 1 aromatic rings. The number of rotatable bonds is 6. The van der Waals surface area contributed by atoms with Crippen molar-refractivity contribution >= 4 is 5.82 Å². The first kappa shape index (κ1) is 15.5. The van der Waals surface area contributed by atoms with E-state index in [1.807, 2.05) is 19.9 Å². The third-order valence-corrected chi connectivity index (χ3v) is 3.05. The minimum atomic E-state index is 0.706. The summed E-state index contributed by atoms with van der Waals surface area (Å²) in [6.07, 6.45) is 1.05. The van der Waals surface area contributed by atoms with Crippen LogP contribution in [0.15, 0.2) is 6.07 Å². The number of aromatic nitrogens is 1. The first-order chi connectivity index (χ1) is 8.99. The highest BCUT2D eigenvalue weighted by atomic mass is 15.2. The van der Waals surface area contributed by atoms with E-state index in [2.05, 4.69) is 41.9 Å². The summed E-state index contributed by atoms with van der Waals surface area (Å²) in [5, 5.41) is 9.36. The van der Waals surface area contributed by atoms with Crippen LogP contribution >= 0.6 is 0 Å². The summed E-state index contributed by atoms with van der Waals surface area (Å²) >= 11 is 0. The molecule has 0 atom stereocenters. The van der Waals surface area contributed by atoms with Crippen LogP contribution in [0.3, 0.4) is 0 Å². The molecule has 19 heavy (non-hydrogen) atoms. The average Bonchev–Trinajstić information content (AvgIpc) is 2.33. The molecule has 0 radical (unpaired) electrons. The zero-order valence-electron chi connectivity index (χ0n) is 12.7. The molecule has 0 aromatic carbocycles. The van der Waals surface area contributed by atoms with E-state index in [0.717, 1.165) is 43.1 Å². The molecule has 1 heterocycles. The summed E-state index contributed by atoms with van der Waals surface area (Å²) < 4.78 is 0. The van der Waals surface area contributed by atoms with Crippen molar-refractivity contribution in [1.29, 1.82) is 5.26 Å². The van der Waals surface area contributed by atoms with E-state index in [-0.39, 0.29) is 0 Å². The number of pyridine rings is 1. The standard InChI is InChI=1S/C15H24N4/c1-6-7-19(9-8-18(4)5)15-14(11-16)12(2)10-13(3)17-15/h10H,6-9H2,1-5H3. The van der Waals surface area contributed by atoms with E-state index in [0.29, 0.717) is 5.56 Å². The second kappa shape index (κ2) is 7.10. The van der Waals surface area contributed by atoms with E-state index < -0.39 is 0 Å². The summed E-state index contributed by atoms with van der Waals surface area (Å²) in [6.45, 7) is 8.89. The zero-order valence-corrected chi connectivity index (χ0v) is 12.7. The maximum absolute atomic E-state index is 9.36. The van der Waals surface area contributed by atoms with Crippen LogP contribution in [-0.4, -0.2) is 43.6 Å². The van der Waals surface area contributed by atoms with Gasteiger partial charge in [-0.15, -0.1) is 0 Å². The summed E-state index contributed by atoms with van der Waals surface area (Å²) in [5.41, 5.74) is 2.69. The lowest BCUT2D eigenvalue weighted by Gasteiger charge is -2.26. The molecule has 0 saturated carbocycles. The molecule has 0 spiro atoms. The van der Waals surface area contributed by atoms with Crippen LogP contribution in [-0.2, 0) is 0 Å². The van der Waals surface area contributed by atoms with Gasteiger partial charge in [-0.05, 0) is 46.0 Å². The molecule has 1 aromatic heterocycles. The van der Waals surface area contributed by atoms with Crippen molar-refractivity contribution in [3.63, 3.8) is 0 Å². The summed E-state index contributed by atoms with van der Waals surface area (Å²) in [4.78, 5) is 8.96. The molecule has 0 saturated heterocycles. The van der Waals surface area contributed by atoms with Gasteiger partial charge in [-0.25, -0.2) is 4.98 Å². The Morgan fingerprint density at radius 3 is 2.42 bits per heavy atom. The van der Waals surface area contributed by atoms with Crippen LogP contribution in [0.5, 0.6) is 0 Å². The summed E-state index contributed by atoms with van der Waals surface area (Å²) in [7, 11) is 4.12. The smallest absolute Gasteiger partial charge is 0.147 e. The topological polar surface area (TPSA) is 43.2 Å². The van der Waals surface area contributed by atoms with E-state index in [1.165, 1.54) is 0 Å². The Morgan fingerprint density at radius 2 is 1.89 bits per heavy atom. The number of likely N-dealkylation sites (N-methyl/N-ethyl adjacent to an activating group) is 1. The van der Waals surface area contributed by atoms with E-state index >= 15 is 0 Å². The Hall–Kier alpha value is -1.60. The first-order valence-corrected chi connectivity index (χ1v) is 6.77. The fourth-order valence-corrected chi connectivity index (χ4v) is 2.10. The molecule has 4 nitrogen and oxygen atoms in total. The quantitative estimate of drug-likeness (QED) is 0.787. The monoisotopic (exact) mass is 260 g/mol. The van der Waals surface area contributed by atoms with Crippen molar-refractivity contribution in [3.05, 3.63) is 22.9 Å². The van der Waals surface area contributed by atoms with Crippen LogP contribution in [0, 0.1) is 25.2 Å². The largest absolute Gasteiger partial charge is 0.354 e. The highest BCUT2D eigenvalue weighted by Crippen LogP contribution is 2.21. The van der Waals surface area contributed by atoms with Crippen molar-refractivity contribution in [1.82, 2.24) is 9.88 Å². The normalized spacial score (nSPS) is 10.6. The Morgan fingerprint density at radius 1 is 1.21 bits per heavy atom. The van der Waals surface area contributed by atoms with Gasteiger partial charge in [0.1, 0.15) is 11.9 Å². The van der Waals surface area contributed by atoms with Crippen molar-refractivity contribution < 1.29 is 0 Å². The van der Waals surface area contributed by atoms with E-state index in [1.54, 1.807) is 0 Å². The number of anilines is 1. The molecule has 0 amide bonds. The minimum absolute atomic E-state index is 0.706. The molecule has 0 aliphatic heterocycles. The maximum Gasteiger partial charge on any atom is 0.147 e. The molecule has 0 N–H and O–H groups in total. The number of nitrogens with zero attached hydrogens (tertiary/aromatic N) is 4. The van der Waals surface area contributed by atoms with Gasteiger partial charge in [0, 0.05) is 25.3 Å². The third-order valence-electron chi connectivity index (χ3n) is 3.05. The molecule has 0 aliphatic carbocycles. The van der Waals surface area contributed by atoms with Crippen molar-refractivity contribution in [2.45, 2.75) is 27.2 Å². The number of aryl methyl sites for hydroxylation is 2. The predicted molar refractivity (Wildman–Crippen MR) is 79.5 cm³/mol. The van der Waals surface area contributed by atoms with Gasteiger partial charge in [0.2, 0.25) is 0 Å². The van der Waals surface area contributed by atoms with Gasteiger partial charge in [0.25, 0.3) is 0 Å². The van der Waals surface area contributed by atoms with Crippen molar-refractivity contribution in [3.8, 4) is 6.07 Å². The highest BCUT2D eigenvalue weighted by molar-refractivity contribution is 5.58. The number of hydrogen-bond acceptors (Lipinski definition) is 4. The molecule has 0 aliphatic rings. The van der Waals surface area contributed by atoms with E-state index in [4.69, 9.17) is 0 Å². The molecule has 4 heteroatoms. The van der Waals surface area contributed by atoms with Gasteiger partial charge in [-0.3, -0.25) is 0 Å². The van der Waals surface area contributed by atoms with Gasteiger partial charge >= 0.3 is 0 Å². The van der Waals surface area contributed by atoms with Crippen LogP contribution < -0.4 is 4.90 Å². The molecule has 0 unspecified atom stereocenters. The summed E-state index contributed by atoms with van der Waals surface area (Å²) in [6, 6.07) is 4.27. The van der Waals surface area contributed by atoms with E-state index in [9.17, 15) is 5.26 Å². The van der Waals surface area contributed by atoms with Gasteiger partial charge in [0.15, 0.2) is 0 Å². The van der Waals surface area contributed by atoms with Crippen LogP contribution in [0.1, 0.15) is 30.2 Å². The molecule has 0 bridgehead atoms. The Labute approximate surface area is 116 Å². The van der Waals surface area contributed by atoms with Crippen LogP contribution in [0.4, 0.5) is 5.82 Å². The number of hydrogen-bond donors (Lipinski definition) is 0. The van der Waals surface area contributed by atoms with Gasteiger partial charge in [0.05, 0.1) is 5.56 Å². The fraction of sp³-hybridized carbons (Fsp3) is 0.600. The lowest BCUT2D eigenvalue weighted by molar-refractivity contribution is 0.412. The Kier molecular flexibility index (Phi) is 5.78. The van der Waals surface area contributed by atoms with Gasteiger partial charge < -0.3 is 9.80 Å². The van der Waals surface area contributed by atoms with Gasteiger partial charge in [-0.1, -0.05) is 6.92 Å². The second-order valence-corrected chi connectivity index (χ2v) is 5.18. The zero-order chi connectivity index (χ0) is 14.4.